The van der Waals surface area contributed by atoms with Crippen molar-refractivity contribution in [3.8, 4) is 0 Å². The second-order valence-corrected chi connectivity index (χ2v) is 15.2. The van der Waals surface area contributed by atoms with Gasteiger partial charge in [-0.2, -0.15) is 0 Å². The zero-order chi connectivity index (χ0) is 38.8. The highest BCUT2D eigenvalue weighted by Gasteiger charge is 2.44. The van der Waals surface area contributed by atoms with Crippen molar-refractivity contribution in [2.24, 2.45) is 0 Å². The van der Waals surface area contributed by atoms with Crippen LogP contribution in [0.15, 0.2) is 12.2 Å². The summed E-state index contributed by atoms with van der Waals surface area (Å²) in [6, 6.07) is 0. The normalized spacial score (nSPS) is 20.9. The van der Waals surface area contributed by atoms with Gasteiger partial charge >= 0.3 is 11.9 Å². The fourth-order valence-corrected chi connectivity index (χ4v) is 6.65. The van der Waals surface area contributed by atoms with Crippen LogP contribution < -0.4 is 0 Å². The van der Waals surface area contributed by atoms with Gasteiger partial charge in [-0.15, -0.1) is 0 Å². The molecular formula is C43H80O10. The number of carbonyl (C=O) groups excluding carboxylic acids is 2. The second-order valence-electron chi connectivity index (χ2n) is 15.2. The van der Waals surface area contributed by atoms with Crippen molar-refractivity contribution in [2.45, 2.75) is 230 Å². The molecule has 0 aromatic heterocycles. The summed E-state index contributed by atoms with van der Waals surface area (Å²) in [6.07, 6.45) is 27.9. The molecule has 1 rings (SSSR count). The van der Waals surface area contributed by atoms with Crippen LogP contribution in [0, 0.1) is 0 Å². The van der Waals surface area contributed by atoms with Gasteiger partial charge in [0.15, 0.2) is 12.4 Å². The molecule has 1 heterocycles. The highest BCUT2D eigenvalue weighted by molar-refractivity contribution is 5.70. The summed E-state index contributed by atoms with van der Waals surface area (Å²) in [5.74, 6) is -0.809. The van der Waals surface area contributed by atoms with Crippen LogP contribution in [-0.4, -0.2) is 89.0 Å². The molecule has 0 aromatic rings. The van der Waals surface area contributed by atoms with Crippen molar-refractivity contribution in [2.75, 3.05) is 19.8 Å². The average Bonchev–Trinajstić information content (AvgIpc) is 3.15. The van der Waals surface area contributed by atoms with E-state index in [1.54, 1.807) is 0 Å². The molecule has 10 heteroatoms. The van der Waals surface area contributed by atoms with Crippen LogP contribution in [0.3, 0.4) is 0 Å². The van der Waals surface area contributed by atoms with E-state index in [9.17, 15) is 30.0 Å². The van der Waals surface area contributed by atoms with Crippen molar-refractivity contribution in [3.05, 3.63) is 12.2 Å². The molecule has 6 atom stereocenters. The van der Waals surface area contributed by atoms with Crippen LogP contribution in [-0.2, 0) is 28.5 Å². The summed E-state index contributed by atoms with van der Waals surface area (Å²) in [4.78, 5) is 25.3. The number of esters is 2. The van der Waals surface area contributed by atoms with Gasteiger partial charge in [-0.3, -0.25) is 9.59 Å². The third-order valence-corrected chi connectivity index (χ3v) is 10.2. The Balaban J connectivity index is 2.35. The fraction of sp³-hybridized carbons (Fsp3) is 0.907. The zero-order valence-corrected chi connectivity index (χ0v) is 33.8. The van der Waals surface area contributed by atoms with Crippen LogP contribution in [0.4, 0.5) is 0 Å². The van der Waals surface area contributed by atoms with E-state index in [0.29, 0.717) is 6.42 Å². The number of aliphatic hydroxyl groups is 4. The van der Waals surface area contributed by atoms with Crippen molar-refractivity contribution in [1.29, 1.82) is 0 Å². The van der Waals surface area contributed by atoms with Crippen molar-refractivity contribution in [3.63, 3.8) is 0 Å². The maximum absolute atomic E-state index is 12.7. The first-order valence-electron chi connectivity index (χ1n) is 21.8. The SMILES string of the molecule is CCCCCCCC/C=C\CCCCCCCC(=O)OC(COC(=O)CCCCCCCCCCCCCCC)COC1OC(CO)C(O)C(O)C1O. The lowest BCUT2D eigenvalue weighted by molar-refractivity contribution is -0.305. The molecule has 0 aliphatic carbocycles. The molecule has 0 saturated carbocycles. The van der Waals surface area contributed by atoms with Crippen molar-refractivity contribution >= 4 is 11.9 Å². The number of carbonyl (C=O) groups is 2. The average molecular weight is 757 g/mol. The van der Waals surface area contributed by atoms with Gasteiger partial charge < -0.3 is 39.4 Å². The number of ether oxygens (including phenoxy) is 4. The molecular weight excluding hydrogens is 676 g/mol. The van der Waals surface area contributed by atoms with E-state index >= 15 is 0 Å². The first-order chi connectivity index (χ1) is 25.8. The largest absolute Gasteiger partial charge is 0.462 e. The Morgan fingerprint density at radius 1 is 0.566 bits per heavy atom. The molecule has 4 N–H and O–H groups in total. The predicted molar refractivity (Wildman–Crippen MR) is 210 cm³/mol. The van der Waals surface area contributed by atoms with E-state index < -0.39 is 49.4 Å². The van der Waals surface area contributed by atoms with Gasteiger partial charge in [-0.1, -0.05) is 154 Å². The van der Waals surface area contributed by atoms with Gasteiger partial charge in [0.05, 0.1) is 13.2 Å². The van der Waals surface area contributed by atoms with Gasteiger partial charge in [-0.25, -0.2) is 0 Å². The number of allylic oxidation sites excluding steroid dienone is 2. The minimum Gasteiger partial charge on any atom is -0.462 e. The van der Waals surface area contributed by atoms with E-state index in [1.807, 2.05) is 0 Å². The standard InChI is InChI=1S/C43H80O10/c1-3-5-7-9-11-13-15-17-18-20-22-24-26-28-30-32-39(46)52-36(35-51-43-42(49)41(48)40(47)37(33-44)53-43)34-50-38(45)31-29-27-25-23-21-19-16-14-12-10-8-6-4-2/h17-18,36-37,40-44,47-49H,3-16,19-35H2,1-2H3/b18-17-. The summed E-state index contributed by atoms with van der Waals surface area (Å²) < 4.78 is 22.1. The summed E-state index contributed by atoms with van der Waals surface area (Å²) in [6.45, 7) is 3.41. The zero-order valence-electron chi connectivity index (χ0n) is 33.8. The molecule has 10 nitrogen and oxygen atoms in total. The lowest BCUT2D eigenvalue weighted by Crippen LogP contribution is -2.59. The van der Waals surface area contributed by atoms with Gasteiger partial charge in [0.2, 0.25) is 0 Å². The monoisotopic (exact) mass is 757 g/mol. The summed E-state index contributed by atoms with van der Waals surface area (Å²) in [5.41, 5.74) is 0. The molecule has 6 unspecified atom stereocenters. The predicted octanol–water partition coefficient (Wildman–Crippen LogP) is 8.78. The van der Waals surface area contributed by atoms with Crippen LogP contribution in [0.1, 0.15) is 194 Å². The van der Waals surface area contributed by atoms with Crippen LogP contribution >= 0.6 is 0 Å². The van der Waals surface area contributed by atoms with Gasteiger partial charge in [0.1, 0.15) is 31.0 Å². The van der Waals surface area contributed by atoms with Crippen molar-refractivity contribution < 1.29 is 49.0 Å². The van der Waals surface area contributed by atoms with E-state index in [-0.39, 0.29) is 32.0 Å². The second kappa shape index (κ2) is 34.9. The fourth-order valence-electron chi connectivity index (χ4n) is 6.65. The summed E-state index contributed by atoms with van der Waals surface area (Å²) in [7, 11) is 0. The van der Waals surface area contributed by atoms with Crippen LogP contribution in [0.2, 0.25) is 0 Å². The summed E-state index contributed by atoms with van der Waals surface area (Å²) in [5, 5.41) is 40.0. The molecule has 53 heavy (non-hydrogen) atoms. The maximum atomic E-state index is 12.7. The van der Waals surface area contributed by atoms with E-state index in [0.717, 1.165) is 51.4 Å². The number of unbranched alkanes of at least 4 members (excludes halogenated alkanes) is 23. The molecule has 0 aromatic carbocycles. The Bertz CT molecular complexity index is 881. The Labute approximate surface area is 322 Å². The molecule has 0 bridgehead atoms. The minimum absolute atomic E-state index is 0.215. The van der Waals surface area contributed by atoms with Gasteiger partial charge in [0.25, 0.3) is 0 Å². The topological polar surface area (TPSA) is 152 Å². The molecule has 1 aliphatic rings. The number of hydrogen-bond acceptors (Lipinski definition) is 10. The Hall–Kier alpha value is -1.56. The van der Waals surface area contributed by atoms with Gasteiger partial charge in [-0.05, 0) is 38.5 Å². The summed E-state index contributed by atoms with van der Waals surface area (Å²) >= 11 is 0. The number of rotatable bonds is 36. The molecule has 1 aliphatic heterocycles. The lowest BCUT2D eigenvalue weighted by Gasteiger charge is -2.39. The minimum atomic E-state index is -1.59. The number of hydrogen-bond donors (Lipinski definition) is 4. The van der Waals surface area contributed by atoms with E-state index in [1.165, 1.54) is 109 Å². The lowest BCUT2D eigenvalue weighted by atomic mass is 9.99. The van der Waals surface area contributed by atoms with E-state index in [2.05, 4.69) is 26.0 Å². The third kappa shape index (κ3) is 26.8. The number of aliphatic hydroxyl groups excluding tert-OH is 4. The van der Waals surface area contributed by atoms with Crippen LogP contribution in [0.5, 0.6) is 0 Å². The Morgan fingerprint density at radius 3 is 1.47 bits per heavy atom. The Kier molecular flexibility index (Phi) is 32.6. The molecule has 0 spiro atoms. The maximum Gasteiger partial charge on any atom is 0.306 e. The van der Waals surface area contributed by atoms with Crippen molar-refractivity contribution in [1.82, 2.24) is 0 Å². The molecule has 1 fully saturated rings. The highest BCUT2D eigenvalue weighted by Crippen LogP contribution is 2.23. The first kappa shape index (κ1) is 49.5. The quantitative estimate of drug-likeness (QED) is 0.0277. The van der Waals surface area contributed by atoms with Crippen LogP contribution in [0.25, 0.3) is 0 Å². The Morgan fingerprint density at radius 2 is 1.00 bits per heavy atom. The van der Waals surface area contributed by atoms with E-state index in [4.69, 9.17) is 18.9 Å². The third-order valence-electron chi connectivity index (χ3n) is 10.2. The van der Waals surface area contributed by atoms with Gasteiger partial charge in [0, 0.05) is 12.8 Å². The molecule has 312 valence electrons. The molecule has 0 radical (unpaired) electrons. The first-order valence-corrected chi connectivity index (χ1v) is 21.8. The smallest absolute Gasteiger partial charge is 0.306 e. The molecule has 1 saturated heterocycles. The molecule has 0 amide bonds. The highest BCUT2D eigenvalue weighted by atomic mass is 16.7.